The highest BCUT2D eigenvalue weighted by Gasteiger charge is 2.29. The number of nitro benzene ring substituents is 1. The standard InChI is InChI=1S/C12H13NO3/c14-12(10-5-6-10)8-7-9-3-1-2-4-11(9)13(15)16/h1-4,10H,5-8H2. The van der Waals surface area contributed by atoms with Crippen molar-refractivity contribution in [3.63, 3.8) is 0 Å². The third-order valence-electron chi connectivity index (χ3n) is 2.86. The summed E-state index contributed by atoms with van der Waals surface area (Å²) in [7, 11) is 0. The molecule has 1 aliphatic rings. The van der Waals surface area contributed by atoms with Gasteiger partial charge in [0.05, 0.1) is 4.92 Å². The number of nitro groups is 1. The summed E-state index contributed by atoms with van der Waals surface area (Å²) < 4.78 is 0. The van der Waals surface area contributed by atoms with E-state index in [1.54, 1.807) is 18.2 Å². The van der Waals surface area contributed by atoms with Crippen LogP contribution in [0.15, 0.2) is 24.3 Å². The van der Waals surface area contributed by atoms with Crippen LogP contribution in [-0.4, -0.2) is 10.7 Å². The van der Waals surface area contributed by atoms with Gasteiger partial charge in [0.1, 0.15) is 5.78 Å². The number of hydrogen-bond donors (Lipinski definition) is 0. The third kappa shape index (κ3) is 2.45. The lowest BCUT2D eigenvalue weighted by atomic mass is 10.0. The van der Waals surface area contributed by atoms with Crippen molar-refractivity contribution in [2.75, 3.05) is 0 Å². The number of hydrogen-bond acceptors (Lipinski definition) is 3. The molecule has 4 heteroatoms. The first-order chi connectivity index (χ1) is 7.68. The first-order valence-electron chi connectivity index (χ1n) is 5.43. The molecule has 1 aromatic rings. The number of para-hydroxylation sites is 1. The summed E-state index contributed by atoms with van der Waals surface area (Å²) in [6.45, 7) is 0. The van der Waals surface area contributed by atoms with Gasteiger partial charge in [0, 0.05) is 24.0 Å². The monoisotopic (exact) mass is 219 g/mol. The second kappa shape index (κ2) is 4.43. The summed E-state index contributed by atoms with van der Waals surface area (Å²) in [6, 6.07) is 6.61. The van der Waals surface area contributed by atoms with Crippen molar-refractivity contribution in [1.29, 1.82) is 0 Å². The minimum atomic E-state index is -0.392. The Labute approximate surface area is 93.4 Å². The van der Waals surface area contributed by atoms with E-state index in [0.29, 0.717) is 18.4 Å². The van der Waals surface area contributed by atoms with Gasteiger partial charge in [-0.15, -0.1) is 0 Å². The number of rotatable bonds is 5. The number of Topliss-reactive ketones (excluding diaryl/α,β-unsaturated/α-hetero) is 1. The van der Waals surface area contributed by atoms with Crippen LogP contribution in [-0.2, 0) is 11.2 Å². The molecule has 0 saturated heterocycles. The third-order valence-corrected chi connectivity index (χ3v) is 2.86. The second-order valence-electron chi connectivity index (χ2n) is 4.13. The predicted molar refractivity (Wildman–Crippen MR) is 59.1 cm³/mol. The highest BCUT2D eigenvalue weighted by atomic mass is 16.6. The van der Waals surface area contributed by atoms with Gasteiger partial charge in [-0.2, -0.15) is 0 Å². The summed E-state index contributed by atoms with van der Waals surface area (Å²) in [6.07, 6.45) is 2.90. The first-order valence-corrected chi connectivity index (χ1v) is 5.43. The van der Waals surface area contributed by atoms with Gasteiger partial charge in [0.25, 0.3) is 5.69 Å². The van der Waals surface area contributed by atoms with Crippen LogP contribution in [0.5, 0.6) is 0 Å². The summed E-state index contributed by atoms with van der Waals surface area (Å²) in [5, 5.41) is 10.7. The van der Waals surface area contributed by atoms with Crippen LogP contribution in [0.3, 0.4) is 0 Å². The molecule has 0 spiro atoms. The average Bonchev–Trinajstić information content (AvgIpc) is 3.10. The minimum Gasteiger partial charge on any atom is -0.299 e. The molecule has 0 bridgehead atoms. The molecule has 0 heterocycles. The van der Waals surface area contributed by atoms with E-state index in [2.05, 4.69) is 0 Å². The quantitative estimate of drug-likeness (QED) is 0.564. The van der Waals surface area contributed by atoms with Crippen LogP contribution in [0.25, 0.3) is 0 Å². The summed E-state index contributed by atoms with van der Waals surface area (Å²) in [5.74, 6) is 0.487. The summed E-state index contributed by atoms with van der Waals surface area (Å²) in [5.41, 5.74) is 0.771. The van der Waals surface area contributed by atoms with Crippen molar-refractivity contribution in [2.24, 2.45) is 5.92 Å². The molecule has 2 rings (SSSR count). The van der Waals surface area contributed by atoms with Crippen LogP contribution in [0.1, 0.15) is 24.8 Å². The van der Waals surface area contributed by atoms with Crippen molar-refractivity contribution in [3.05, 3.63) is 39.9 Å². The van der Waals surface area contributed by atoms with Crippen molar-refractivity contribution >= 4 is 11.5 Å². The van der Waals surface area contributed by atoms with E-state index < -0.39 is 4.92 Å². The average molecular weight is 219 g/mol. The summed E-state index contributed by atoms with van der Waals surface area (Å²) in [4.78, 5) is 21.8. The maximum atomic E-state index is 11.5. The Morgan fingerprint density at radius 1 is 1.38 bits per heavy atom. The van der Waals surface area contributed by atoms with Gasteiger partial charge < -0.3 is 0 Å². The molecule has 4 nitrogen and oxygen atoms in total. The lowest BCUT2D eigenvalue weighted by molar-refractivity contribution is -0.385. The Hall–Kier alpha value is -1.71. The number of carbonyl (C=O) groups is 1. The van der Waals surface area contributed by atoms with Crippen molar-refractivity contribution in [3.8, 4) is 0 Å². The number of aryl methyl sites for hydroxylation is 1. The molecule has 1 aromatic carbocycles. The number of ketones is 1. The van der Waals surface area contributed by atoms with Crippen LogP contribution in [0, 0.1) is 16.0 Å². The molecule has 0 aliphatic heterocycles. The van der Waals surface area contributed by atoms with E-state index in [4.69, 9.17) is 0 Å². The predicted octanol–water partition coefficient (Wildman–Crippen LogP) is 2.51. The normalized spacial score (nSPS) is 14.8. The van der Waals surface area contributed by atoms with Gasteiger partial charge >= 0.3 is 0 Å². The molecule has 1 aliphatic carbocycles. The van der Waals surface area contributed by atoms with E-state index >= 15 is 0 Å². The van der Waals surface area contributed by atoms with Crippen LogP contribution < -0.4 is 0 Å². The van der Waals surface area contributed by atoms with Crippen LogP contribution >= 0.6 is 0 Å². The molecular weight excluding hydrogens is 206 g/mol. The van der Waals surface area contributed by atoms with Gasteiger partial charge in [0.2, 0.25) is 0 Å². The molecule has 84 valence electrons. The largest absolute Gasteiger partial charge is 0.299 e. The Bertz CT molecular complexity index is 424. The minimum absolute atomic E-state index is 0.117. The number of carbonyl (C=O) groups excluding carboxylic acids is 1. The van der Waals surface area contributed by atoms with Crippen LogP contribution in [0.2, 0.25) is 0 Å². The molecule has 0 amide bonds. The molecule has 0 N–H and O–H groups in total. The summed E-state index contributed by atoms with van der Waals surface area (Å²) >= 11 is 0. The maximum absolute atomic E-state index is 11.5. The fourth-order valence-electron chi connectivity index (χ4n) is 1.77. The molecule has 0 radical (unpaired) electrons. The fourth-order valence-corrected chi connectivity index (χ4v) is 1.77. The van der Waals surface area contributed by atoms with E-state index in [-0.39, 0.29) is 17.4 Å². The van der Waals surface area contributed by atoms with Gasteiger partial charge in [-0.25, -0.2) is 0 Å². The first kappa shape index (κ1) is 10.8. The Balaban J connectivity index is 2.02. The van der Waals surface area contributed by atoms with E-state index in [0.717, 1.165) is 12.8 Å². The highest BCUT2D eigenvalue weighted by molar-refractivity contribution is 5.83. The van der Waals surface area contributed by atoms with Crippen LogP contribution in [0.4, 0.5) is 5.69 Å². The molecule has 0 aromatic heterocycles. The SMILES string of the molecule is O=C(CCc1ccccc1[N+](=O)[O-])C1CC1. The van der Waals surface area contributed by atoms with E-state index in [1.807, 2.05) is 0 Å². The van der Waals surface area contributed by atoms with Gasteiger partial charge in [0.15, 0.2) is 0 Å². The lowest BCUT2D eigenvalue weighted by Gasteiger charge is -2.01. The van der Waals surface area contributed by atoms with E-state index in [1.165, 1.54) is 6.07 Å². The molecule has 0 unspecified atom stereocenters. The lowest BCUT2D eigenvalue weighted by Crippen LogP contribution is -2.03. The van der Waals surface area contributed by atoms with Crippen molar-refractivity contribution in [2.45, 2.75) is 25.7 Å². The number of nitrogens with zero attached hydrogens (tertiary/aromatic N) is 1. The van der Waals surface area contributed by atoms with E-state index in [9.17, 15) is 14.9 Å². The fraction of sp³-hybridized carbons (Fsp3) is 0.417. The smallest absolute Gasteiger partial charge is 0.272 e. The highest BCUT2D eigenvalue weighted by Crippen LogP contribution is 2.31. The topological polar surface area (TPSA) is 60.2 Å². The van der Waals surface area contributed by atoms with Gasteiger partial charge in [-0.1, -0.05) is 18.2 Å². The Kier molecular flexibility index (Phi) is 2.99. The van der Waals surface area contributed by atoms with Gasteiger partial charge in [-0.3, -0.25) is 14.9 Å². The zero-order valence-corrected chi connectivity index (χ0v) is 8.89. The molecule has 1 fully saturated rings. The maximum Gasteiger partial charge on any atom is 0.272 e. The number of benzene rings is 1. The zero-order valence-electron chi connectivity index (χ0n) is 8.89. The molecule has 0 atom stereocenters. The van der Waals surface area contributed by atoms with Crippen molar-refractivity contribution in [1.82, 2.24) is 0 Å². The van der Waals surface area contributed by atoms with Crippen molar-refractivity contribution < 1.29 is 9.72 Å². The molecular formula is C12H13NO3. The Morgan fingerprint density at radius 2 is 2.06 bits per heavy atom. The van der Waals surface area contributed by atoms with Gasteiger partial charge in [-0.05, 0) is 19.3 Å². The zero-order chi connectivity index (χ0) is 11.5. The molecule has 16 heavy (non-hydrogen) atoms. The molecule has 1 saturated carbocycles. The second-order valence-corrected chi connectivity index (χ2v) is 4.13. The Morgan fingerprint density at radius 3 is 2.69 bits per heavy atom.